The minimum absolute atomic E-state index is 0.122. The monoisotopic (exact) mass is 245 g/mol. The van der Waals surface area contributed by atoms with Crippen molar-refractivity contribution in [3.8, 4) is 6.07 Å². The van der Waals surface area contributed by atoms with Gasteiger partial charge in [0.25, 0.3) is 0 Å². The fourth-order valence-electron chi connectivity index (χ4n) is 1.78. The Morgan fingerprint density at radius 3 is 2.72 bits per heavy atom. The average molecular weight is 245 g/mol. The maximum Gasteiger partial charge on any atom is 0.242 e. The van der Waals surface area contributed by atoms with Crippen LogP contribution in [0.15, 0.2) is 24.3 Å². The van der Waals surface area contributed by atoms with Crippen molar-refractivity contribution in [3.05, 3.63) is 29.8 Å². The van der Waals surface area contributed by atoms with Gasteiger partial charge < -0.3 is 11.1 Å². The summed E-state index contributed by atoms with van der Waals surface area (Å²) in [4.78, 5) is 11.8. The molecule has 6 heteroatoms. The van der Waals surface area contributed by atoms with Crippen LogP contribution in [0.25, 0.3) is 0 Å². The molecule has 1 aromatic carbocycles. The van der Waals surface area contributed by atoms with Crippen molar-refractivity contribution in [1.82, 2.24) is 10.9 Å². The molecule has 18 heavy (non-hydrogen) atoms. The highest BCUT2D eigenvalue weighted by Crippen LogP contribution is 2.11. The number of nitrogens with one attached hydrogen (secondary N) is 3. The number of carbonyl (C=O) groups excluding carboxylic acids is 1. The molecule has 1 aliphatic heterocycles. The van der Waals surface area contributed by atoms with E-state index in [2.05, 4.69) is 22.2 Å². The summed E-state index contributed by atoms with van der Waals surface area (Å²) < 4.78 is 0. The zero-order valence-corrected chi connectivity index (χ0v) is 9.81. The van der Waals surface area contributed by atoms with E-state index in [-0.39, 0.29) is 18.1 Å². The molecule has 1 aromatic rings. The number of hydrazine groups is 1. The largest absolute Gasteiger partial charge is 0.325 e. The number of rotatable bonds is 3. The van der Waals surface area contributed by atoms with Gasteiger partial charge in [-0.1, -0.05) is 12.1 Å². The molecule has 0 radical (unpaired) electrons. The summed E-state index contributed by atoms with van der Waals surface area (Å²) in [5.74, 6) is -0.122. The smallest absolute Gasteiger partial charge is 0.242 e. The van der Waals surface area contributed by atoms with Gasteiger partial charge in [-0.05, 0) is 17.7 Å². The maximum absolute atomic E-state index is 11.8. The van der Waals surface area contributed by atoms with Crippen molar-refractivity contribution in [2.45, 2.75) is 25.0 Å². The molecule has 6 nitrogen and oxygen atoms in total. The number of carbonyl (C=O) groups is 1. The van der Waals surface area contributed by atoms with Gasteiger partial charge in [0.05, 0.1) is 18.7 Å². The lowest BCUT2D eigenvalue weighted by Crippen LogP contribution is -2.41. The van der Waals surface area contributed by atoms with Crippen LogP contribution in [0.2, 0.25) is 0 Å². The summed E-state index contributed by atoms with van der Waals surface area (Å²) in [6.07, 6.45) is 0.731. The number of amides is 1. The third-order valence-corrected chi connectivity index (χ3v) is 2.75. The molecule has 5 N–H and O–H groups in total. The molecule has 0 aliphatic carbocycles. The first-order valence-electron chi connectivity index (χ1n) is 5.72. The van der Waals surface area contributed by atoms with Crippen molar-refractivity contribution in [1.29, 1.82) is 5.26 Å². The summed E-state index contributed by atoms with van der Waals surface area (Å²) in [5, 5.41) is 11.3. The van der Waals surface area contributed by atoms with Gasteiger partial charge in [0.1, 0.15) is 6.04 Å². The normalized spacial score (nSPS) is 22.4. The zero-order chi connectivity index (χ0) is 13.0. The van der Waals surface area contributed by atoms with Crippen LogP contribution in [0.5, 0.6) is 0 Å². The second-order valence-corrected chi connectivity index (χ2v) is 4.20. The molecule has 1 saturated heterocycles. The Morgan fingerprint density at radius 1 is 1.44 bits per heavy atom. The molecule has 0 bridgehead atoms. The Labute approximate surface area is 105 Å². The zero-order valence-electron chi connectivity index (χ0n) is 9.81. The summed E-state index contributed by atoms with van der Waals surface area (Å²) in [5.41, 5.74) is 12.9. The molecule has 1 fully saturated rings. The first kappa shape index (κ1) is 12.5. The molecule has 0 saturated carbocycles. The van der Waals surface area contributed by atoms with Crippen LogP contribution in [0.3, 0.4) is 0 Å². The Bertz CT molecular complexity index is 464. The minimum Gasteiger partial charge on any atom is -0.325 e. The molecule has 1 heterocycles. The van der Waals surface area contributed by atoms with Gasteiger partial charge in [-0.3, -0.25) is 4.79 Å². The Kier molecular flexibility index (Phi) is 3.89. The van der Waals surface area contributed by atoms with Crippen LogP contribution < -0.4 is 21.9 Å². The molecule has 2 rings (SSSR count). The van der Waals surface area contributed by atoms with E-state index in [1.165, 1.54) is 0 Å². The quantitative estimate of drug-likeness (QED) is 0.592. The van der Waals surface area contributed by atoms with E-state index in [4.69, 9.17) is 11.0 Å². The Hall–Kier alpha value is -1.94. The van der Waals surface area contributed by atoms with E-state index >= 15 is 0 Å². The van der Waals surface area contributed by atoms with E-state index < -0.39 is 0 Å². The third-order valence-electron chi connectivity index (χ3n) is 2.75. The van der Waals surface area contributed by atoms with E-state index in [0.717, 1.165) is 5.56 Å². The SMILES string of the molecule is N#CCc1ccc(NC(=O)C2CC(N)NN2)cc1. The van der Waals surface area contributed by atoms with Crippen LogP contribution in [-0.4, -0.2) is 18.1 Å². The minimum atomic E-state index is -0.321. The number of hydrogen-bond acceptors (Lipinski definition) is 5. The number of benzene rings is 1. The van der Waals surface area contributed by atoms with Crippen LogP contribution in [-0.2, 0) is 11.2 Å². The lowest BCUT2D eigenvalue weighted by molar-refractivity contribution is -0.117. The predicted molar refractivity (Wildman–Crippen MR) is 67.0 cm³/mol. The molecule has 0 aromatic heterocycles. The first-order chi connectivity index (χ1) is 8.69. The second-order valence-electron chi connectivity index (χ2n) is 4.20. The van der Waals surface area contributed by atoms with Crippen molar-refractivity contribution >= 4 is 11.6 Å². The van der Waals surface area contributed by atoms with E-state index in [1.807, 2.05) is 12.1 Å². The van der Waals surface area contributed by atoms with Crippen molar-refractivity contribution in [2.75, 3.05) is 5.32 Å². The highest BCUT2D eigenvalue weighted by Gasteiger charge is 2.26. The first-order valence-corrected chi connectivity index (χ1v) is 5.72. The van der Waals surface area contributed by atoms with Gasteiger partial charge in [-0.25, -0.2) is 10.9 Å². The molecule has 0 spiro atoms. The van der Waals surface area contributed by atoms with Crippen LogP contribution >= 0.6 is 0 Å². The highest BCUT2D eigenvalue weighted by atomic mass is 16.2. The highest BCUT2D eigenvalue weighted by molar-refractivity contribution is 5.95. The van der Waals surface area contributed by atoms with Crippen molar-refractivity contribution < 1.29 is 4.79 Å². The van der Waals surface area contributed by atoms with Gasteiger partial charge in [-0.2, -0.15) is 5.26 Å². The van der Waals surface area contributed by atoms with Gasteiger partial charge >= 0.3 is 0 Å². The molecule has 1 aliphatic rings. The summed E-state index contributed by atoms with van der Waals surface area (Å²) in [6.45, 7) is 0. The molecule has 1 amide bonds. The summed E-state index contributed by atoms with van der Waals surface area (Å²) >= 11 is 0. The van der Waals surface area contributed by atoms with Crippen LogP contribution in [0, 0.1) is 11.3 Å². The summed E-state index contributed by atoms with van der Waals surface area (Å²) in [7, 11) is 0. The van der Waals surface area contributed by atoms with Crippen molar-refractivity contribution in [2.24, 2.45) is 5.73 Å². The molecular weight excluding hydrogens is 230 g/mol. The van der Waals surface area contributed by atoms with Gasteiger partial charge in [0.15, 0.2) is 0 Å². The molecule has 2 atom stereocenters. The topological polar surface area (TPSA) is 103 Å². The van der Waals surface area contributed by atoms with Crippen molar-refractivity contribution in [3.63, 3.8) is 0 Å². The third kappa shape index (κ3) is 3.05. The van der Waals surface area contributed by atoms with E-state index in [0.29, 0.717) is 18.5 Å². The number of nitriles is 1. The number of hydrogen-bond donors (Lipinski definition) is 4. The van der Waals surface area contributed by atoms with E-state index in [1.54, 1.807) is 12.1 Å². The predicted octanol–water partition coefficient (Wildman–Crippen LogP) is -0.158. The lowest BCUT2D eigenvalue weighted by atomic mass is 10.1. The standard InChI is InChI=1S/C12H15N5O/c13-6-5-8-1-3-9(4-2-8)15-12(18)10-7-11(14)17-16-10/h1-4,10-11,16-17H,5,7,14H2,(H,15,18). The number of anilines is 1. The maximum atomic E-state index is 11.8. The van der Waals surface area contributed by atoms with E-state index in [9.17, 15) is 4.79 Å². The average Bonchev–Trinajstić information content (AvgIpc) is 2.79. The fraction of sp³-hybridized carbons (Fsp3) is 0.333. The molecular formula is C12H15N5O. The summed E-state index contributed by atoms with van der Waals surface area (Å²) in [6, 6.07) is 8.97. The fourth-order valence-corrected chi connectivity index (χ4v) is 1.78. The Morgan fingerprint density at radius 2 is 2.17 bits per heavy atom. The second kappa shape index (κ2) is 5.60. The van der Waals surface area contributed by atoms with Crippen LogP contribution in [0.4, 0.5) is 5.69 Å². The van der Waals surface area contributed by atoms with Gasteiger partial charge in [-0.15, -0.1) is 0 Å². The van der Waals surface area contributed by atoms with Gasteiger partial charge in [0.2, 0.25) is 5.91 Å². The molecule has 94 valence electrons. The lowest BCUT2D eigenvalue weighted by Gasteiger charge is -2.10. The van der Waals surface area contributed by atoms with Gasteiger partial charge in [0, 0.05) is 12.1 Å². The van der Waals surface area contributed by atoms with Crippen LogP contribution in [0.1, 0.15) is 12.0 Å². The molecule has 2 unspecified atom stereocenters. The number of nitrogens with two attached hydrogens (primary N) is 1. The number of nitrogens with zero attached hydrogens (tertiary/aromatic N) is 1. The Balaban J connectivity index is 1.93.